The van der Waals surface area contributed by atoms with Gasteiger partial charge in [-0.05, 0) is 30.9 Å². The molecule has 4 heteroatoms. The molecule has 1 aliphatic carbocycles. The van der Waals surface area contributed by atoms with Crippen LogP contribution in [-0.2, 0) is 23.1 Å². The molecule has 1 saturated carbocycles. The van der Waals surface area contributed by atoms with Crippen molar-refractivity contribution in [3.63, 3.8) is 0 Å². The number of furan rings is 1. The first-order chi connectivity index (χ1) is 8.56. The Bertz CT molecular complexity index is 410. The minimum Gasteiger partial charge on any atom is -0.464 e. The van der Waals surface area contributed by atoms with Crippen molar-refractivity contribution in [2.45, 2.75) is 57.2 Å². The molecule has 0 aliphatic heterocycles. The van der Waals surface area contributed by atoms with Gasteiger partial charge in [0.1, 0.15) is 11.5 Å². The monoisotopic (exact) mass is 269 g/mol. The third-order valence-electron chi connectivity index (χ3n) is 3.50. The van der Waals surface area contributed by atoms with E-state index in [0.717, 1.165) is 18.1 Å². The smallest absolute Gasteiger partial charge is 0.118 e. The molecule has 0 amide bonds. The maximum Gasteiger partial charge on any atom is 0.118 e. The quantitative estimate of drug-likeness (QED) is 0.827. The van der Waals surface area contributed by atoms with Crippen LogP contribution in [0.15, 0.2) is 16.5 Å². The maximum atomic E-state index is 12.1. The summed E-state index contributed by atoms with van der Waals surface area (Å²) < 4.78 is 17.8. The van der Waals surface area contributed by atoms with Crippen molar-refractivity contribution in [1.29, 1.82) is 0 Å². The Morgan fingerprint density at radius 3 is 2.61 bits per heavy atom. The van der Waals surface area contributed by atoms with E-state index in [1.54, 1.807) is 0 Å². The van der Waals surface area contributed by atoms with E-state index in [9.17, 15) is 4.21 Å². The van der Waals surface area contributed by atoms with Crippen LogP contribution < -0.4 is 5.32 Å². The lowest BCUT2D eigenvalue weighted by Gasteiger charge is -2.13. The summed E-state index contributed by atoms with van der Waals surface area (Å²) in [6, 6.07) is 4.63. The third-order valence-corrected chi connectivity index (χ3v) is 5.44. The lowest BCUT2D eigenvalue weighted by atomic mass is 10.2. The van der Waals surface area contributed by atoms with Gasteiger partial charge in [0.15, 0.2) is 0 Å². The van der Waals surface area contributed by atoms with Crippen LogP contribution in [0.3, 0.4) is 0 Å². The summed E-state index contributed by atoms with van der Waals surface area (Å²) in [5.74, 6) is 2.76. The molecule has 2 atom stereocenters. The van der Waals surface area contributed by atoms with Gasteiger partial charge >= 0.3 is 0 Å². The van der Waals surface area contributed by atoms with Crippen molar-refractivity contribution in [2.24, 2.45) is 5.92 Å². The van der Waals surface area contributed by atoms with E-state index in [1.165, 1.54) is 12.8 Å². The Balaban J connectivity index is 1.83. The molecular weight excluding hydrogens is 246 g/mol. The molecule has 0 radical (unpaired) electrons. The highest BCUT2D eigenvalue weighted by molar-refractivity contribution is 7.84. The lowest BCUT2D eigenvalue weighted by Crippen LogP contribution is -2.18. The largest absolute Gasteiger partial charge is 0.464 e. The van der Waals surface area contributed by atoms with Crippen LogP contribution in [-0.4, -0.2) is 15.5 Å². The maximum absolute atomic E-state index is 12.1. The van der Waals surface area contributed by atoms with E-state index >= 15 is 0 Å². The van der Waals surface area contributed by atoms with Crippen LogP contribution in [0.4, 0.5) is 0 Å². The van der Waals surface area contributed by atoms with Gasteiger partial charge in [0.25, 0.3) is 0 Å². The van der Waals surface area contributed by atoms with Crippen LogP contribution >= 0.6 is 0 Å². The van der Waals surface area contributed by atoms with Crippen molar-refractivity contribution < 1.29 is 8.63 Å². The van der Waals surface area contributed by atoms with Gasteiger partial charge in [-0.2, -0.15) is 0 Å². The summed E-state index contributed by atoms with van der Waals surface area (Å²) in [7, 11) is -0.847. The molecule has 1 heterocycles. The van der Waals surface area contributed by atoms with Gasteiger partial charge in [-0.15, -0.1) is 0 Å². The second-order valence-corrected chi connectivity index (χ2v) is 7.29. The lowest BCUT2D eigenvalue weighted by molar-refractivity contribution is 0.456. The molecule has 3 nitrogen and oxygen atoms in total. The Morgan fingerprint density at radius 1 is 1.33 bits per heavy atom. The van der Waals surface area contributed by atoms with Crippen molar-refractivity contribution in [3.05, 3.63) is 23.7 Å². The predicted molar refractivity (Wildman–Crippen MR) is 74.7 cm³/mol. The zero-order valence-electron chi connectivity index (χ0n) is 11.4. The van der Waals surface area contributed by atoms with Crippen LogP contribution in [0.2, 0.25) is 0 Å². The summed E-state index contributed by atoms with van der Waals surface area (Å²) in [6.45, 7) is 7.04. The molecule has 0 saturated heterocycles. The second-order valence-electron chi connectivity index (χ2n) is 5.50. The summed E-state index contributed by atoms with van der Waals surface area (Å²) >= 11 is 0. The van der Waals surface area contributed by atoms with Gasteiger partial charge in [0.2, 0.25) is 0 Å². The summed E-state index contributed by atoms with van der Waals surface area (Å²) in [6.07, 6.45) is 2.56. The topological polar surface area (TPSA) is 42.2 Å². The van der Waals surface area contributed by atoms with Crippen molar-refractivity contribution in [2.75, 3.05) is 0 Å². The molecule has 0 aromatic carbocycles. The van der Waals surface area contributed by atoms with Crippen molar-refractivity contribution >= 4 is 10.8 Å². The van der Waals surface area contributed by atoms with E-state index in [-0.39, 0.29) is 5.25 Å². The zero-order chi connectivity index (χ0) is 13.1. The molecule has 1 aromatic heterocycles. The molecule has 1 fully saturated rings. The summed E-state index contributed by atoms with van der Waals surface area (Å²) in [5.41, 5.74) is 0. The van der Waals surface area contributed by atoms with Gasteiger partial charge in [-0.25, -0.2) is 0 Å². The van der Waals surface area contributed by atoms with E-state index < -0.39 is 10.8 Å². The zero-order valence-corrected chi connectivity index (χ0v) is 12.3. The van der Waals surface area contributed by atoms with Gasteiger partial charge < -0.3 is 9.73 Å². The van der Waals surface area contributed by atoms with Crippen LogP contribution in [0.1, 0.15) is 45.1 Å². The van der Waals surface area contributed by atoms with E-state index in [1.807, 2.05) is 19.1 Å². The molecule has 1 aliphatic rings. The molecule has 1 aromatic rings. The van der Waals surface area contributed by atoms with Crippen LogP contribution in [0.25, 0.3) is 0 Å². The first kappa shape index (κ1) is 13.8. The Kier molecular flexibility index (Phi) is 4.62. The number of nitrogens with one attached hydrogen (secondary N) is 1. The Labute approximate surface area is 112 Å². The molecule has 102 valence electrons. The van der Waals surface area contributed by atoms with Gasteiger partial charge in [-0.3, -0.25) is 4.21 Å². The third kappa shape index (κ3) is 3.95. The summed E-state index contributed by atoms with van der Waals surface area (Å²) in [5, 5.41) is 3.62. The highest BCUT2D eigenvalue weighted by atomic mass is 32.2. The molecule has 2 unspecified atom stereocenters. The van der Waals surface area contributed by atoms with Crippen molar-refractivity contribution in [1.82, 2.24) is 5.32 Å². The Hall–Kier alpha value is -0.610. The molecule has 2 rings (SSSR count). The minimum atomic E-state index is -0.847. The Morgan fingerprint density at radius 2 is 2.00 bits per heavy atom. The number of hydrogen-bond acceptors (Lipinski definition) is 3. The molecule has 0 spiro atoms. The van der Waals surface area contributed by atoms with Gasteiger partial charge in [0, 0.05) is 22.1 Å². The molecular formula is C14H23NO2S. The van der Waals surface area contributed by atoms with Crippen LogP contribution in [0.5, 0.6) is 0 Å². The number of rotatable bonds is 7. The van der Waals surface area contributed by atoms with Crippen molar-refractivity contribution in [3.8, 4) is 0 Å². The van der Waals surface area contributed by atoms with E-state index in [0.29, 0.717) is 17.7 Å². The molecule has 18 heavy (non-hydrogen) atoms. The van der Waals surface area contributed by atoms with Gasteiger partial charge in [0.05, 0.1) is 12.3 Å². The normalized spacial score (nSPS) is 19.1. The van der Waals surface area contributed by atoms with E-state index in [4.69, 9.17) is 4.42 Å². The average molecular weight is 269 g/mol. The second kappa shape index (κ2) is 6.02. The first-order valence-corrected chi connectivity index (χ1v) is 8.12. The fourth-order valence-electron chi connectivity index (χ4n) is 1.70. The fourth-order valence-corrected chi connectivity index (χ4v) is 3.01. The molecule has 0 bridgehead atoms. The highest BCUT2D eigenvalue weighted by Gasteiger charge is 2.21. The number of hydrogen-bond donors (Lipinski definition) is 1. The standard InChI is InChI=1S/C14H23NO2S/c1-10(2)11(3)18(16)9-14-7-6-13(17-14)8-15-12-4-5-12/h6-7,10-12,15H,4-5,8-9H2,1-3H3. The average Bonchev–Trinajstić information content (AvgIpc) is 3.06. The molecule has 1 N–H and O–H groups in total. The minimum absolute atomic E-state index is 0.211. The predicted octanol–water partition coefficient (Wildman–Crippen LogP) is 2.82. The fraction of sp³-hybridized carbons (Fsp3) is 0.714. The van der Waals surface area contributed by atoms with E-state index in [2.05, 4.69) is 19.2 Å². The first-order valence-electron chi connectivity index (χ1n) is 6.74. The highest BCUT2D eigenvalue weighted by Crippen LogP contribution is 2.20. The SMILES string of the molecule is CC(C)C(C)S(=O)Cc1ccc(CNC2CC2)o1. The van der Waals surface area contributed by atoms with Gasteiger partial charge in [-0.1, -0.05) is 20.8 Å². The van der Waals surface area contributed by atoms with Crippen LogP contribution in [0, 0.1) is 5.92 Å². The summed E-state index contributed by atoms with van der Waals surface area (Å²) in [4.78, 5) is 0.